The number of nitrogens with zero attached hydrogens (tertiary/aromatic N) is 1. The molecule has 0 bridgehead atoms. The van der Waals surface area contributed by atoms with Crippen molar-refractivity contribution < 1.29 is 9.53 Å². The van der Waals surface area contributed by atoms with Crippen LogP contribution in [0.3, 0.4) is 0 Å². The van der Waals surface area contributed by atoms with E-state index in [0.717, 1.165) is 50.8 Å². The van der Waals surface area contributed by atoms with E-state index in [2.05, 4.69) is 12.2 Å². The molecule has 1 aromatic carbocycles. The molecule has 1 saturated carbocycles. The Hall–Kier alpha value is -1.39. The molecule has 23 heavy (non-hydrogen) atoms. The Morgan fingerprint density at radius 2 is 1.96 bits per heavy atom. The van der Waals surface area contributed by atoms with Crippen molar-refractivity contribution in [1.82, 2.24) is 10.2 Å². The summed E-state index contributed by atoms with van der Waals surface area (Å²) in [5.41, 5.74) is 0.506. The second-order valence-corrected chi connectivity index (χ2v) is 7.10. The summed E-state index contributed by atoms with van der Waals surface area (Å²) in [6.45, 7) is 4.56. The van der Waals surface area contributed by atoms with Crippen molar-refractivity contribution in [2.45, 2.75) is 50.2 Å². The fraction of sp³-hybridized carbons (Fsp3) is 0.632. The smallest absolute Gasteiger partial charge is 0.254 e. The largest absolute Gasteiger partial charge is 0.365 e. The summed E-state index contributed by atoms with van der Waals surface area (Å²) in [5.74, 6) is 0.144. The van der Waals surface area contributed by atoms with Gasteiger partial charge in [0.1, 0.15) is 0 Å². The van der Waals surface area contributed by atoms with Crippen molar-refractivity contribution in [2.75, 3.05) is 26.7 Å². The average Bonchev–Trinajstić information content (AvgIpc) is 3.31. The van der Waals surface area contributed by atoms with Crippen LogP contribution in [0.1, 0.15) is 49.4 Å². The average molecular weight is 316 g/mol. The highest BCUT2D eigenvalue weighted by atomic mass is 16.5. The van der Waals surface area contributed by atoms with Crippen LogP contribution in [0.15, 0.2) is 30.3 Å². The molecular weight excluding hydrogens is 288 g/mol. The third kappa shape index (κ3) is 3.59. The van der Waals surface area contributed by atoms with Crippen LogP contribution in [0.2, 0.25) is 0 Å². The lowest BCUT2D eigenvalue weighted by atomic mass is 9.90. The molecule has 1 saturated heterocycles. The van der Waals surface area contributed by atoms with Crippen LogP contribution in [0.25, 0.3) is 0 Å². The second-order valence-electron chi connectivity index (χ2n) is 7.10. The predicted molar refractivity (Wildman–Crippen MR) is 91.6 cm³/mol. The summed E-state index contributed by atoms with van der Waals surface area (Å²) in [7, 11) is 1.97. The van der Waals surface area contributed by atoms with Crippen molar-refractivity contribution in [1.29, 1.82) is 0 Å². The van der Waals surface area contributed by atoms with Crippen LogP contribution in [0.5, 0.6) is 0 Å². The fourth-order valence-corrected chi connectivity index (χ4v) is 3.78. The van der Waals surface area contributed by atoms with E-state index in [9.17, 15) is 4.79 Å². The van der Waals surface area contributed by atoms with Crippen molar-refractivity contribution in [3.05, 3.63) is 35.9 Å². The van der Waals surface area contributed by atoms with Crippen LogP contribution in [0, 0.1) is 0 Å². The maximum atomic E-state index is 12.9. The van der Waals surface area contributed by atoms with E-state index >= 15 is 0 Å². The highest BCUT2D eigenvalue weighted by Crippen LogP contribution is 2.48. The highest BCUT2D eigenvalue weighted by Gasteiger charge is 2.55. The van der Waals surface area contributed by atoms with Crippen molar-refractivity contribution in [3.63, 3.8) is 0 Å². The first-order chi connectivity index (χ1) is 11.1. The zero-order valence-corrected chi connectivity index (χ0v) is 14.3. The van der Waals surface area contributed by atoms with E-state index in [-0.39, 0.29) is 17.1 Å². The molecule has 1 aromatic rings. The van der Waals surface area contributed by atoms with E-state index in [1.54, 1.807) is 0 Å². The number of hydrogen-bond acceptors (Lipinski definition) is 3. The second kappa shape index (κ2) is 6.62. The molecule has 2 aliphatic rings. The van der Waals surface area contributed by atoms with Gasteiger partial charge in [-0.1, -0.05) is 31.5 Å². The SMILES string of the molecule is CCCC1(CCNC)CN(C(=O)c2ccccc2)CC2(CC2)O1. The molecule has 4 heteroatoms. The normalized spacial score (nSPS) is 25.6. The predicted octanol–water partition coefficient (Wildman–Crippen LogP) is 2.84. The molecule has 0 aromatic heterocycles. The van der Waals surface area contributed by atoms with Crippen LogP contribution in [-0.4, -0.2) is 48.7 Å². The van der Waals surface area contributed by atoms with Crippen LogP contribution in [0.4, 0.5) is 0 Å². The minimum Gasteiger partial charge on any atom is -0.365 e. The summed E-state index contributed by atoms with van der Waals surface area (Å²) < 4.78 is 6.60. The third-order valence-electron chi connectivity index (χ3n) is 5.04. The monoisotopic (exact) mass is 316 g/mol. The Morgan fingerprint density at radius 3 is 2.57 bits per heavy atom. The van der Waals surface area contributed by atoms with Crippen molar-refractivity contribution in [2.24, 2.45) is 0 Å². The molecule has 1 atom stereocenters. The Labute approximate surface area is 139 Å². The van der Waals surface area contributed by atoms with Gasteiger partial charge in [0.25, 0.3) is 5.91 Å². The van der Waals surface area contributed by atoms with Crippen LogP contribution < -0.4 is 5.32 Å². The van der Waals surface area contributed by atoms with Crippen molar-refractivity contribution >= 4 is 5.91 Å². The molecule has 1 unspecified atom stereocenters. The zero-order chi connectivity index (χ0) is 16.3. The minimum absolute atomic E-state index is 0.0778. The molecule has 1 aliphatic heterocycles. The summed E-state index contributed by atoms with van der Waals surface area (Å²) in [5, 5.41) is 3.24. The third-order valence-corrected chi connectivity index (χ3v) is 5.04. The molecule has 4 nitrogen and oxygen atoms in total. The summed E-state index contributed by atoms with van der Waals surface area (Å²) in [4.78, 5) is 15.0. The van der Waals surface area contributed by atoms with Gasteiger partial charge in [0.05, 0.1) is 24.3 Å². The summed E-state index contributed by atoms with van der Waals surface area (Å²) in [6.07, 6.45) is 5.20. The molecule has 1 spiro atoms. The summed E-state index contributed by atoms with van der Waals surface area (Å²) >= 11 is 0. The molecule has 0 radical (unpaired) electrons. The lowest BCUT2D eigenvalue weighted by Crippen LogP contribution is -2.59. The number of morpholine rings is 1. The number of benzene rings is 1. The topological polar surface area (TPSA) is 41.6 Å². The number of carbonyl (C=O) groups excluding carboxylic acids is 1. The Morgan fingerprint density at radius 1 is 1.22 bits per heavy atom. The maximum Gasteiger partial charge on any atom is 0.254 e. The van der Waals surface area contributed by atoms with Gasteiger partial charge in [0.15, 0.2) is 0 Å². The van der Waals surface area contributed by atoms with Crippen LogP contribution in [-0.2, 0) is 4.74 Å². The van der Waals surface area contributed by atoms with Gasteiger partial charge in [-0.05, 0) is 51.4 Å². The molecule has 2 fully saturated rings. The first-order valence-corrected chi connectivity index (χ1v) is 8.81. The molecular formula is C19H28N2O2. The lowest BCUT2D eigenvalue weighted by Gasteiger charge is -2.47. The molecule has 1 heterocycles. The zero-order valence-electron chi connectivity index (χ0n) is 14.3. The quantitative estimate of drug-likeness (QED) is 0.877. The van der Waals surface area contributed by atoms with Gasteiger partial charge in [-0.15, -0.1) is 0 Å². The Bertz CT molecular complexity index is 542. The first-order valence-electron chi connectivity index (χ1n) is 8.81. The lowest BCUT2D eigenvalue weighted by molar-refractivity contribution is -0.166. The van der Waals surface area contributed by atoms with E-state index < -0.39 is 0 Å². The van der Waals surface area contributed by atoms with Gasteiger partial charge in [-0.3, -0.25) is 4.79 Å². The van der Waals surface area contributed by atoms with Gasteiger partial charge < -0.3 is 15.0 Å². The standard InChI is InChI=1S/C19H28N2O2/c1-3-9-18(12-13-20-2)14-21(15-19(23-18)10-11-19)17(22)16-7-5-4-6-8-16/h4-8,20H,3,9-15H2,1-2H3. The Kier molecular flexibility index (Phi) is 4.74. The van der Waals surface area contributed by atoms with E-state index in [1.165, 1.54) is 0 Å². The number of rotatable bonds is 6. The fourth-order valence-electron chi connectivity index (χ4n) is 3.78. The van der Waals surface area contributed by atoms with Gasteiger partial charge in [0.2, 0.25) is 0 Å². The number of carbonyl (C=O) groups is 1. The molecule has 1 aliphatic carbocycles. The molecule has 3 rings (SSSR count). The van der Waals surface area contributed by atoms with Crippen molar-refractivity contribution in [3.8, 4) is 0 Å². The number of hydrogen-bond donors (Lipinski definition) is 1. The molecule has 1 N–H and O–H groups in total. The van der Waals surface area contributed by atoms with Gasteiger partial charge in [-0.25, -0.2) is 0 Å². The van der Waals surface area contributed by atoms with Gasteiger partial charge >= 0.3 is 0 Å². The number of amides is 1. The van der Waals surface area contributed by atoms with E-state index in [0.29, 0.717) is 6.54 Å². The Balaban J connectivity index is 1.82. The number of nitrogens with one attached hydrogen (secondary N) is 1. The van der Waals surface area contributed by atoms with E-state index in [1.807, 2.05) is 42.3 Å². The van der Waals surface area contributed by atoms with Crippen LogP contribution >= 0.6 is 0 Å². The number of ether oxygens (including phenoxy) is 1. The highest BCUT2D eigenvalue weighted by molar-refractivity contribution is 5.94. The molecule has 126 valence electrons. The first kappa shape index (κ1) is 16.5. The van der Waals surface area contributed by atoms with E-state index in [4.69, 9.17) is 4.74 Å². The van der Waals surface area contributed by atoms with Gasteiger partial charge in [-0.2, -0.15) is 0 Å². The van der Waals surface area contributed by atoms with Gasteiger partial charge in [0, 0.05) is 5.56 Å². The molecule has 1 amide bonds. The maximum absolute atomic E-state index is 12.9. The minimum atomic E-state index is -0.197. The summed E-state index contributed by atoms with van der Waals surface area (Å²) in [6, 6.07) is 9.63.